The number of nitrogens with two attached hydrogens (primary N) is 1. The molecule has 0 spiro atoms. The van der Waals surface area contributed by atoms with Gasteiger partial charge in [0.2, 0.25) is 5.88 Å². The average molecular weight is 343 g/mol. The van der Waals surface area contributed by atoms with Crippen molar-refractivity contribution in [1.82, 2.24) is 0 Å². The van der Waals surface area contributed by atoms with Gasteiger partial charge in [0.15, 0.2) is 5.78 Å². The molecule has 3 rings (SSSR count). The molecule has 0 aromatic heterocycles. The molecule has 2 N–H and O–H groups in total. The third-order valence-electron chi connectivity index (χ3n) is 4.42. The number of methoxy groups -OCH3 is 1. The van der Waals surface area contributed by atoms with Crippen molar-refractivity contribution in [1.29, 1.82) is 0 Å². The van der Waals surface area contributed by atoms with Gasteiger partial charge in [-0.05, 0) is 19.4 Å². The van der Waals surface area contributed by atoms with Gasteiger partial charge in [-0.3, -0.25) is 4.79 Å². The molecule has 0 bridgehead atoms. The minimum Gasteiger partial charge on any atom is -0.494 e. The summed E-state index contributed by atoms with van der Waals surface area (Å²) in [6, 6.07) is 7.33. The minimum atomic E-state index is -0.647. The molecule has 25 heavy (non-hydrogen) atoms. The zero-order valence-electron chi connectivity index (χ0n) is 14.3. The van der Waals surface area contributed by atoms with Crippen molar-refractivity contribution in [3.63, 3.8) is 0 Å². The predicted molar refractivity (Wildman–Crippen MR) is 90.6 cm³/mol. The van der Waals surface area contributed by atoms with Gasteiger partial charge in [-0.1, -0.05) is 18.2 Å². The van der Waals surface area contributed by atoms with E-state index in [0.717, 1.165) is 0 Å². The second-order valence-electron chi connectivity index (χ2n) is 5.89. The fourth-order valence-electron chi connectivity index (χ4n) is 3.38. The first-order chi connectivity index (χ1) is 12.1. The molecule has 0 unspecified atom stereocenters. The highest BCUT2D eigenvalue weighted by Gasteiger charge is 2.42. The van der Waals surface area contributed by atoms with Crippen LogP contribution in [0.5, 0.6) is 5.75 Å². The Balaban J connectivity index is 2.22. The Morgan fingerprint density at radius 3 is 2.80 bits per heavy atom. The zero-order chi connectivity index (χ0) is 18.0. The van der Waals surface area contributed by atoms with Crippen molar-refractivity contribution in [3.8, 4) is 5.75 Å². The number of Topliss-reactive ketones (excluding diaryl/α,β-unsaturated/α-hetero) is 1. The van der Waals surface area contributed by atoms with Crippen LogP contribution in [-0.4, -0.2) is 25.5 Å². The summed E-state index contributed by atoms with van der Waals surface area (Å²) in [5.74, 6) is -0.164. The number of ether oxygens (including phenoxy) is 3. The van der Waals surface area contributed by atoms with Crippen LogP contribution < -0.4 is 10.5 Å². The number of ketones is 1. The van der Waals surface area contributed by atoms with E-state index in [1.807, 2.05) is 31.2 Å². The van der Waals surface area contributed by atoms with Crippen molar-refractivity contribution < 1.29 is 23.8 Å². The van der Waals surface area contributed by atoms with Crippen LogP contribution >= 0.6 is 0 Å². The van der Waals surface area contributed by atoms with Crippen LogP contribution in [0.4, 0.5) is 0 Å². The quantitative estimate of drug-likeness (QED) is 0.845. The Bertz CT molecular complexity index is 778. The van der Waals surface area contributed by atoms with Gasteiger partial charge in [0, 0.05) is 24.0 Å². The summed E-state index contributed by atoms with van der Waals surface area (Å²) in [5.41, 5.74) is 7.36. The van der Waals surface area contributed by atoms with E-state index in [1.165, 1.54) is 7.11 Å². The van der Waals surface area contributed by atoms with Crippen molar-refractivity contribution >= 4 is 11.8 Å². The Morgan fingerprint density at radius 2 is 2.08 bits per heavy atom. The fraction of sp³-hybridized carbons (Fsp3) is 0.368. The molecule has 1 heterocycles. The van der Waals surface area contributed by atoms with Crippen LogP contribution in [0.2, 0.25) is 0 Å². The summed E-state index contributed by atoms with van der Waals surface area (Å²) in [4.78, 5) is 25.0. The van der Waals surface area contributed by atoms with Gasteiger partial charge in [-0.25, -0.2) is 4.79 Å². The number of hydrogen-bond acceptors (Lipinski definition) is 6. The van der Waals surface area contributed by atoms with Gasteiger partial charge in [0.1, 0.15) is 17.1 Å². The van der Waals surface area contributed by atoms with Crippen LogP contribution in [0.15, 0.2) is 47.1 Å². The van der Waals surface area contributed by atoms with Gasteiger partial charge in [0.25, 0.3) is 0 Å². The Hall–Kier alpha value is -2.76. The SMILES string of the molecule is CCOc1ccccc1[C@@H]1C(C(=O)OC)=C(N)OC2=C1C(=O)CCC2. The van der Waals surface area contributed by atoms with E-state index in [-0.39, 0.29) is 17.2 Å². The second kappa shape index (κ2) is 7.01. The Morgan fingerprint density at radius 1 is 1.32 bits per heavy atom. The molecule has 1 aliphatic carbocycles. The van der Waals surface area contributed by atoms with Gasteiger partial charge < -0.3 is 19.9 Å². The lowest BCUT2D eigenvalue weighted by atomic mass is 9.77. The van der Waals surface area contributed by atoms with Crippen LogP contribution in [0.1, 0.15) is 37.7 Å². The highest BCUT2D eigenvalue weighted by atomic mass is 16.5. The third kappa shape index (κ3) is 2.99. The van der Waals surface area contributed by atoms with E-state index >= 15 is 0 Å². The molecule has 6 nitrogen and oxygen atoms in total. The van der Waals surface area contributed by atoms with E-state index in [4.69, 9.17) is 19.9 Å². The summed E-state index contributed by atoms with van der Waals surface area (Å²) in [6.45, 7) is 2.34. The number of para-hydroxylation sites is 1. The summed E-state index contributed by atoms with van der Waals surface area (Å²) in [6.07, 6.45) is 1.74. The number of carbonyl (C=O) groups is 2. The number of carbonyl (C=O) groups excluding carboxylic acids is 2. The fourth-order valence-corrected chi connectivity index (χ4v) is 3.38. The number of hydrogen-bond donors (Lipinski definition) is 1. The van der Waals surface area contributed by atoms with Crippen molar-refractivity contribution in [2.45, 2.75) is 32.1 Å². The molecule has 0 amide bonds. The molecule has 132 valence electrons. The minimum absolute atomic E-state index is 0.0170. The topological polar surface area (TPSA) is 87.8 Å². The lowest BCUT2D eigenvalue weighted by Gasteiger charge is -2.32. The smallest absolute Gasteiger partial charge is 0.340 e. The molecular weight excluding hydrogens is 322 g/mol. The summed E-state index contributed by atoms with van der Waals surface area (Å²) < 4.78 is 16.2. The average Bonchev–Trinajstić information content (AvgIpc) is 2.61. The number of benzene rings is 1. The van der Waals surface area contributed by atoms with Crippen molar-refractivity contribution in [2.24, 2.45) is 5.73 Å². The van der Waals surface area contributed by atoms with Crippen molar-refractivity contribution in [3.05, 3.63) is 52.6 Å². The first kappa shape index (κ1) is 17.1. The molecule has 0 saturated carbocycles. The highest BCUT2D eigenvalue weighted by Crippen LogP contribution is 2.46. The van der Waals surface area contributed by atoms with Gasteiger partial charge in [-0.2, -0.15) is 0 Å². The maximum absolute atomic E-state index is 12.7. The van der Waals surface area contributed by atoms with Crippen molar-refractivity contribution in [2.75, 3.05) is 13.7 Å². The summed E-state index contributed by atoms with van der Waals surface area (Å²) in [5, 5.41) is 0. The molecule has 1 aromatic carbocycles. The van der Waals surface area contributed by atoms with Crippen LogP contribution in [-0.2, 0) is 19.1 Å². The van der Waals surface area contributed by atoms with E-state index in [1.54, 1.807) is 0 Å². The van der Waals surface area contributed by atoms with Crippen LogP contribution in [0, 0.1) is 0 Å². The maximum atomic E-state index is 12.7. The predicted octanol–water partition coefficient (Wildman–Crippen LogP) is 2.55. The molecular formula is C19H21NO5. The molecule has 1 aromatic rings. The summed E-state index contributed by atoms with van der Waals surface area (Å²) in [7, 11) is 1.28. The number of allylic oxidation sites excluding steroid dienone is 2. The monoisotopic (exact) mass is 343 g/mol. The Kier molecular flexibility index (Phi) is 4.79. The summed E-state index contributed by atoms with van der Waals surface area (Å²) >= 11 is 0. The van der Waals surface area contributed by atoms with Gasteiger partial charge in [0.05, 0.1) is 19.6 Å². The zero-order valence-corrected chi connectivity index (χ0v) is 14.3. The first-order valence-corrected chi connectivity index (χ1v) is 8.32. The van der Waals surface area contributed by atoms with E-state index in [9.17, 15) is 9.59 Å². The lowest BCUT2D eigenvalue weighted by Crippen LogP contribution is -2.31. The molecule has 1 aliphatic heterocycles. The maximum Gasteiger partial charge on any atom is 0.340 e. The van der Waals surface area contributed by atoms with E-state index < -0.39 is 11.9 Å². The molecule has 6 heteroatoms. The van der Waals surface area contributed by atoms with E-state index in [0.29, 0.717) is 48.5 Å². The molecule has 0 radical (unpaired) electrons. The van der Waals surface area contributed by atoms with Gasteiger partial charge >= 0.3 is 5.97 Å². The van der Waals surface area contributed by atoms with Gasteiger partial charge in [-0.15, -0.1) is 0 Å². The molecule has 2 aliphatic rings. The second-order valence-corrected chi connectivity index (χ2v) is 5.89. The lowest BCUT2D eigenvalue weighted by molar-refractivity contribution is -0.136. The highest BCUT2D eigenvalue weighted by molar-refractivity contribution is 6.03. The molecule has 0 fully saturated rings. The normalized spacial score (nSPS) is 20.1. The third-order valence-corrected chi connectivity index (χ3v) is 4.42. The number of rotatable bonds is 4. The number of esters is 1. The largest absolute Gasteiger partial charge is 0.494 e. The van der Waals surface area contributed by atoms with Crippen LogP contribution in [0.25, 0.3) is 0 Å². The van der Waals surface area contributed by atoms with Crippen LogP contribution in [0.3, 0.4) is 0 Å². The molecule has 0 saturated heterocycles. The standard InChI is InChI=1S/C19H21NO5/c1-3-24-13-9-5-4-7-11(13)15-16-12(21)8-6-10-14(16)25-18(20)17(15)19(22)23-2/h4-5,7,9,15H,3,6,8,10,20H2,1-2H3/t15-/m0/s1. The Labute approximate surface area is 146 Å². The molecule has 1 atom stereocenters. The van der Waals surface area contributed by atoms with E-state index in [2.05, 4.69) is 0 Å². The first-order valence-electron chi connectivity index (χ1n) is 8.32.